The summed E-state index contributed by atoms with van der Waals surface area (Å²) in [6, 6.07) is 4.50. The molecule has 21 heavy (non-hydrogen) atoms. The molecule has 1 atom stereocenters. The van der Waals surface area contributed by atoms with E-state index in [4.69, 9.17) is 10.5 Å². The average Bonchev–Trinajstić information content (AvgIpc) is 2.50. The highest BCUT2D eigenvalue weighted by atomic mass is 35.5. The van der Waals surface area contributed by atoms with E-state index in [9.17, 15) is 14.4 Å². The lowest BCUT2D eigenvalue weighted by molar-refractivity contribution is -0.143. The Labute approximate surface area is 127 Å². The van der Waals surface area contributed by atoms with E-state index in [1.807, 2.05) is 0 Å². The van der Waals surface area contributed by atoms with Crippen LogP contribution in [0.15, 0.2) is 24.3 Å². The zero-order valence-corrected chi connectivity index (χ0v) is 12.3. The number of ketones is 1. The van der Waals surface area contributed by atoms with Gasteiger partial charge in [-0.1, -0.05) is 0 Å². The Morgan fingerprint density at radius 2 is 1.67 bits per heavy atom. The van der Waals surface area contributed by atoms with Gasteiger partial charge >= 0.3 is 11.9 Å². The fraction of sp³-hybridized carbons (Fsp3) is 0.308. The lowest BCUT2D eigenvalue weighted by atomic mass is 10.1. The van der Waals surface area contributed by atoms with Gasteiger partial charge in [0.2, 0.25) is 0 Å². The number of nitrogens with two attached hydrogens (primary N) is 1. The molecule has 0 spiro atoms. The van der Waals surface area contributed by atoms with Gasteiger partial charge in [-0.05, 0) is 24.3 Å². The maximum atomic E-state index is 11.8. The predicted molar refractivity (Wildman–Crippen MR) is 75.5 cm³/mol. The fourth-order valence-corrected chi connectivity index (χ4v) is 1.33. The molecular formula is C13H16ClNO6. The van der Waals surface area contributed by atoms with E-state index in [1.165, 1.54) is 31.4 Å². The normalized spacial score (nSPS) is 10.8. The van der Waals surface area contributed by atoms with Crippen LogP contribution in [-0.2, 0) is 19.1 Å². The number of halogens is 1. The molecule has 0 amide bonds. The van der Waals surface area contributed by atoms with Crippen LogP contribution >= 0.6 is 12.4 Å². The molecule has 0 aromatic heterocycles. The number of rotatable bonds is 6. The van der Waals surface area contributed by atoms with Crippen molar-refractivity contribution in [3.8, 4) is 5.75 Å². The molecule has 0 heterocycles. The average molecular weight is 318 g/mol. The van der Waals surface area contributed by atoms with Crippen molar-refractivity contribution in [2.75, 3.05) is 20.8 Å². The van der Waals surface area contributed by atoms with Crippen molar-refractivity contribution in [3.05, 3.63) is 29.8 Å². The van der Waals surface area contributed by atoms with Gasteiger partial charge in [0, 0.05) is 5.56 Å². The van der Waals surface area contributed by atoms with Crippen molar-refractivity contribution >= 4 is 30.1 Å². The van der Waals surface area contributed by atoms with Gasteiger partial charge < -0.3 is 19.9 Å². The summed E-state index contributed by atoms with van der Waals surface area (Å²) in [6.07, 6.45) is 0. The van der Waals surface area contributed by atoms with Gasteiger partial charge in [0.25, 0.3) is 0 Å². The third-order valence-corrected chi connectivity index (χ3v) is 2.46. The van der Waals surface area contributed by atoms with Crippen molar-refractivity contribution in [2.24, 2.45) is 5.73 Å². The highest BCUT2D eigenvalue weighted by Gasteiger charge is 2.23. The lowest BCUT2D eigenvalue weighted by Gasteiger charge is -2.09. The van der Waals surface area contributed by atoms with Crippen LogP contribution in [0.25, 0.3) is 0 Å². The van der Waals surface area contributed by atoms with Crippen LogP contribution in [0.5, 0.6) is 5.75 Å². The van der Waals surface area contributed by atoms with Crippen LogP contribution in [0.4, 0.5) is 0 Å². The highest BCUT2D eigenvalue weighted by molar-refractivity contribution is 6.11. The number of carbonyl (C=O) groups excluding carboxylic acids is 3. The molecule has 1 aromatic carbocycles. The Morgan fingerprint density at radius 3 is 2.14 bits per heavy atom. The molecule has 1 unspecified atom stereocenters. The second-order valence-electron chi connectivity index (χ2n) is 3.75. The summed E-state index contributed by atoms with van der Waals surface area (Å²) in [4.78, 5) is 33.9. The molecule has 0 radical (unpaired) electrons. The van der Waals surface area contributed by atoms with E-state index in [-0.39, 0.29) is 24.6 Å². The SMILES string of the molecule is COC(=O)COc1ccc(C(=O)C(N)C(=O)OC)cc1.Cl. The zero-order chi connectivity index (χ0) is 15.1. The van der Waals surface area contributed by atoms with Crippen molar-refractivity contribution in [1.82, 2.24) is 0 Å². The molecule has 1 aromatic rings. The van der Waals surface area contributed by atoms with Gasteiger partial charge in [0.05, 0.1) is 14.2 Å². The molecule has 116 valence electrons. The van der Waals surface area contributed by atoms with Crippen molar-refractivity contribution < 1.29 is 28.6 Å². The summed E-state index contributed by atoms with van der Waals surface area (Å²) in [6.45, 7) is -0.231. The quantitative estimate of drug-likeness (QED) is 0.458. The fourth-order valence-electron chi connectivity index (χ4n) is 1.33. The number of carbonyl (C=O) groups is 3. The first kappa shape index (κ1) is 18.9. The van der Waals surface area contributed by atoms with Gasteiger partial charge in [-0.25, -0.2) is 9.59 Å². The molecule has 0 fully saturated rings. The Bertz CT molecular complexity index is 502. The third kappa shape index (κ3) is 5.41. The maximum Gasteiger partial charge on any atom is 0.343 e. The number of hydrogen-bond acceptors (Lipinski definition) is 7. The van der Waals surface area contributed by atoms with E-state index in [0.29, 0.717) is 5.75 Å². The molecule has 0 aliphatic heterocycles. The summed E-state index contributed by atoms with van der Waals surface area (Å²) in [5, 5.41) is 0. The molecular weight excluding hydrogens is 302 g/mol. The van der Waals surface area contributed by atoms with Crippen LogP contribution in [0.3, 0.4) is 0 Å². The maximum absolute atomic E-state index is 11.8. The number of ether oxygens (including phenoxy) is 3. The summed E-state index contributed by atoms with van der Waals surface area (Å²) in [7, 11) is 2.40. The van der Waals surface area contributed by atoms with E-state index >= 15 is 0 Å². The van der Waals surface area contributed by atoms with Crippen LogP contribution in [0, 0.1) is 0 Å². The highest BCUT2D eigenvalue weighted by Crippen LogP contribution is 2.13. The largest absolute Gasteiger partial charge is 0.482 e. The molecule has 7 nitrogen and oxygen atoms in total. The van der Waals surface area contributed by atoms with Crippen LogP contribution in [0.2, 0.25) is 0 Å². The van der Waals surface area contributed by atoms with Crippen LogP contribution in [0.1, 0.15) is 10.4 Å². The van der Waals surface area contributed by atoms with Crippen molar-refractivity contribution in [2.45, 2.75) is 6.04 Å². The molecule has 2 N–H and O–H groups in total. The zero-order valence-electron chi connectivity index (χ0n) is 11.5. The minimum Gasteiger partial charge on any atom is -0.482 e. The van der Waals surface area contributed by atoms with E-state index in [0.717, 1.165) is 7.11 Å². The minimum absolute atomic E-state index is 0. The lowest BCUT2D eigenvalue weighted by Crippen LogP contribution is -2.39. The second-order valence-corrected chi connectivity index (χ2v) is 3.75. The molecule has 0 saturated heterocycles. The number of methoxy groups -OCH3 is 2. The van der Waals surface area contributed by atoms with E-state index in [1.54, 1.807) is 0 Å². The predicted octanol–water partition coefficient (Wildman–Crippen LogP) is 0.343. The van der Waals surface area contributed by atoms with Gasteiger partial charge in [0.15, 0.2) is 18.4 Å². The van der Waals surface area contributed by atoms with E-state index in [2.05, 4.69) is 9.47 Å². The minimum atomic E-state index is -1.36. The monoisotopic (exact) mass is 317 g/mol. The van der Waals surface area contributed by atoms with Crippen LogP contribution < -0.4 is 10.5 Å². The molecule has 0 aliphatic carbocycles. The first-order valence-corrected chi connectivity index (χ1v) is 5.67. The second kappa shape index (κ2) is 8.93. The molecule has 8 heteroatoms. The molecule has 0 bridgehead atoms. The Balaban J connectivity index is 0.00000400. The Kier molecular flexibility index (Phi) is 8.03. The van der Waals surface area contributed by atoms with Gasteiger partial charge in [-0.15, -0.1) is 12.4 Å². The van der Waals surface area contributed by atoms with E-state index < -0.39 is 23.8 Å². The topological polar surface area (TPSA) is 105 Å². The summed E-state index contributed by atoms with van der Waals surface area (Å²) < 4.78 is 13.9. The molecule has 0 aliphatic rings. The van der Waals surface area contributed by atoms with Gasteiger partial charge in [0.1, 0.15) is 5.75 Å². The number of hydrogen-bond donors (Lipinski definition) is 1. The molecule has 1 rings (SSSR count). The summed E-state index contributed by atoms with van der Waals surface area (Å²) in [5.41, 5.74) is 5.69. The number of esters is 2. The first-order valence-electron chi connectivity index (χ1n) is 5.67. The Hall–Kier alpha value is -2.12. The number of benzene rings is 1. The van der Waals surface area contributed by atoms with Crippen molar-refractivity contribution in [1.29, 1.82) is 0 Å². The smallest absolute Gasteiger partial charge is 0.343 e. The number of Topliss-reactive ketones (excluding diaryl/α,β-unsaturated/α-hetero) is 1. The standard InChI is InChI=1S/C13H15NO6.ClH/c1-18-10(15)7-20-9-5-3-8(4-6-9)12(16)11(14)13(17)19-2;/h3-6,11H,7,14H2,1-2H3;1H. The van der Waals surface area contributed by atoms with Gasteiger partial charge in [-0.2, -0.15) is 0 Å². The summed E-state index contributed by atoms with van der Waals surface area (Å²) in [5.74, 6) is -1.49. The Morgan fingerprint density at radius 1 is 1.10 bits per heavy atom. The van der Waals surface area contributed by atoms with Crippen LogP contribution in [-0.4, -0.2) is 44.6 Å². The third-order valence-electron chi connectivity index (χ3n) is 2.46. The molecule has 0 saturated carbocycles. The summed E-state index contributed by atoms with van der Waals surface area (Å²) >= 11 is 0. The first-order chi connectivity index (χ1) is 9.49. The van der Waals surface area contributed by atoms with Gasteiger partial charge in [-0.3, -0.25) is 4.79 Å². The van der Waals surface area contributed by atoms with Crippen molar-refractivity contribution in [3.63, 3.8) is 0 Å².